The van der Waals surface area contributed by atoms with Gasteiger partial charge in [0.1, 0.15) is 6.10 Å². The topological polar surface area (TPSA) is 32.8 Å². The minimum Gasteiger partial charge on any atom is -0.394 e. The van der Waals surface area contributed by atoms with E-state index in [1.165, 1.54) is 18.4 Å². The van der Waals surface area contributed by atoms with E-state index >= 15 is 0 Å². The molecule has 0 aromatic heterocycles. The van der Waals surface area contributed by atoms with E-state index in [0.29, 0.717) is 6.10 Å². The minimum absolute atomic E-state index is 0.140. The number of epoxide rings is 1. The molecule has 1 aromatic rings. The Kier molecular flexibility index (Phi) is 3.75. The Morgan fingerprint density at radius 2 is 1.87 bits per heavy atom. The fourth-order valence-corrected chi connectivity index (χ4v) is 1.91. The van der Waals surface area contributed by atoms with Crippen molar-refractivity contribution < 1.29 is 9.84 Å². The number of hydrogen-bond donors (Lipinski definition) is 1. The summed E-state index contributed by atoms with van der Waals surface area (Å²) in [6.45, 7) is 0.184. The molecule has 1 aromatic carbocycles. The van der Waals surface area contributed by atoms with Gasteiger partial charge in [0.2, 0.25) is 0 Å². The van der Waals surface area contributed by atoms with Gasteiger partial charge in [0.15, 0.2) is 0 Å². The third-order valence-corrected chi connectivity index (χ3v) is 2.91. The van der Waals surface area contributed by atoms with Crippen molar-refractivity contribution in [3.8, 4) is 0 Å². The van der Waals surface area contributed by atoms with E-state index in [2.05, 4.69) is 24.3 Å². The maximum absolute atomic E-state index is 8.79. The van der Waals surface area contributed by atoms with Gasteiger partial charge in [-0.15, -0.1) is 0 Å². The second-order valence-corrected chi connectivity index (χ2v) is 4.13. The minimum atomic E-state index is 0.140. The van der Waals surface area contributed by atoms with Crippen LogP contribution < -0.4 is 0 Å². The second-order valence-electron chi connectivity index (χ2n) is 4.13. The summed E-state index contributed by atoms with van der Waals surface area (Å²) < 4.78 is 5.27. The molecule has 0 aliphatic carbocycles. The molecule has 0 unspecified atom stereocenters. The zero-order valence-corrected chi connectivity index (χ0v) is 8.93. The van der Waals surface area contributed by atoms with Crippen molar-refractivity contribution in [1.29, 1.82) is 0 Å². The van der Waals surface area contributed by atoms with Crippen molar-refractivity contribution in [2.24, 2.45) is 0 Å². The van der Waals surface area contributed by atoms with E-state index in [1.54, 1.807) is 0 Å². The van der Waals surface area contributed by atoms with Crippen molar-refractivity contribution >= 4 is 0 Å². The van der Waals surface area contributed by atoms with E-state index in [0.717, 1.165) is 12.8 Å². The van der Waals surface area contributed by atoms with E-state index in [9.17, 15) is 0 Å². The van der Waals surface area contributed by atoms with Crippen LogP contribution in [0.1, 0.15) is 24.8 Å². The molecule has 1 N–H and O–H groups in total. The Morgan fingerprint density at radius 1 is 1.07 bits per heavy atom. The number of hydrogen-bond acceptors (Lipinski definition) is 2. The Hall–Kier alpha value is -0.860. The summed E-state index contributed by atoms with van der Waals surface area (Å²) >= 11 is 0. The number of aryl methyl sites for hydroxylation is 1. The molecule has 0 amide bonds. The number of aliphatic hydroxyl groups is 1. The Morgan fingerprint density at radius 3 is 2.53 bits per heavy atom. The van der Waals surface area contributed by atoms with Gasteiger partial charge < -0.3 is 9.84 Å². The number of rotatable bonds is 6. The highest BCUT2D eigenvalue weighted by molar-refractivity contribution is 5.14. The molecule has 1 saturated heterocycles. The molecule has 2 atom stereocenters. The van der Waals surface area contributed by atoms with Crippen LogP contribution >= 0.6 is 0 Å². The monoisotopic (exact) mass is 206 g/mol. The summed E-state index contributed by atoms with van der Waals surface area (Å²) in [7, 11) is 0. The third kappa shape index (κ3) is 3.33. The zero-order valence-electron chi connectivity index (χ0n) is 8.93. The van der Waals surface area contributed by atoms with Gasteiger partial charge in [-0.3, -0.25) is 0 Å². The first-order valence-electron chi connectivity index (χ1n) is 5.70. The molecule has 1 fully saturated rings. The van der Waals surface area contributed by atoms with Crippen molar-refractivity contribution in [2.45, 2.75) is 37.9 Å². The van der Waals surface area contributed by atoms with Crippen LogP contribution in [0.15, 0.2) is 30.3 Å². The van der Waals surface area contributed by atoms with Gasteiger partial charge in [-0.05, 0) is 24.8 Å². The molecule has 82 valence electrons. The summed E-state index contributed by atoms with van der Waals surface area (Å²) in [5, 5.41) is 8.79. The standard InChI is InChI=1S/C13H18O2/c14-10-13-12(15-13)9-5-4-8-11-6-2-1-3-7-11/h1-3,6-7,12-14H,4-5,8-10H2/t12-,13-/m1/s1. The molecule has 1 heterocycles. The van der Waals surface area contributed by atoms with Gasteiger partial charge >= 0.3 is 0 Å². The average Bonchev–Trinajstić information content (AvgIpc) is 3.05. The first kappa shape index (κ1) is 10.7. The van der Waals surface area contributed by atoms with Crippen LogP contribution in [0.3, 0.4) is 0 Å². The van der Waals surface area contributed by atoms with E-state index in [1.807, 2.05) is 6.07 Å². The van der Waals surface area contributed by atoms with E-state index < -0.39 is 0 Å². The molecule has 1 aliphatic heterocycles. The van der Waals surface area contributed by atoms with Gasteiger partial charge in [-0.1, -0.05) is 36.8 Å². The molecule has 1 aliphatic rings. The quantitative estimate of drug-likeness (QED) is 0.571. The summed E-state index contributed by atoms with van der Waals surface area (Å²) in [6, 6.07) is 10.6. The Bertz CT molecular complexity index is 284. The molecule has 0 radical (unpaired) electrons. The summed E-state index contributed by atoms with van der Waals surface area (Å²) in [5.74, 6) is 0. The predicted octanol–water partition coefficient (Wildman–Crippen LogP) is 2.16. The predicted molar refractivity (Wildman–Crippen MR) is 59.7 cm³/mol. The average molecular weight is 206 g/mol. The highest BCUT2D eigenvalue weighted by atomic mass is 16.6. The molecule has 2 nitrogen and oxygen atoms in total. The van der Waals surface area contributed by atoms with Gasteiger partial charge in [0.05, 0.1) is 12.7 Å². The molecule has 0 saturated carbocycles. The lowest BCUT2D eigenvalue weighted by atomic mass is 10.1. The third-order valence-electron chi connectivity index (χ3n) is 2.91. The highest BCUT2D eigenvalue weighted by Crippen LogP contribution is 2.26. The van der Waals surface area contributed by atoms with Crippen LogP contribution in [0.4, 0.5) is 0 Å². The van der Waals surface area contributed by atoms with Crippen LogP contribution in [-0.4, -0.2) is 23.9 Å². The maximum atomic E-state index is 8.79. The van der Waals surface area contributed by atoms with Gasteiger partial charge in [0, 0.05) is 0 Å². The van der Waals surface area contributed by atoms with Crippen LogP contribution in [0.2, 0.25) is 0 Å². The van der Waals surface area contributed by atoms with E-state index in [4.69, 9.17) is 9.84 Å². The summed E-state index contributed by atoms with van der Waals surface area (Å²) in [4.78, 5) is 0. The second kappa shape index (κ2) is 5.29. The van der Waals surface area contributed by atoms with Gasteiger partial charge in [-0.2, -0.15) is 0 Å². The van der Waals surface area contributed by atoms with Crippen molar-refractivity contribution in [3.05, 3.63) is 35.9 Å². The number of ether oxygens (including phenoxy) is 1. The van der Waals surface area contributed by atoms with Crippen LogP contribution in [-0.2, 0) is 11.2 Å². The first-order chi connectivity index (χ1) is 7.40. The van der Waals surface area contributed by atoms with Crippen LogP contribution in [0.25, 0.3) is 0 Å². The molecule has 2 heteroatoms. The lowest BCUT2D eigenvalue weighted by Gasteiger charge is -1.99. The van der Waals surface area contributed by atoms with Gasteiger partial charge in [-0.25, -0.2) is 0 Å². The fraction of sp³-hybridized carbons (Fsp3) is 0.538. The number of benzene rings is 1. The fourth-order valence-electron chi connectivity index (χ4n) is 1.91. The summed E-state index contributed by atoms with van der Waals surface area (Å²) in [6.07, 6.45) is 5.13. The maximum Gasteiger partial charge on any atom is 0.107 e. The first-order valence-corrected chi connectivity index (χ1v) is 5.70. The van der Waals surface area contributed by atoms with Crippen molar-refractivity contribution in [2.75, 3.05) is 6.61 Å². The Balaban J connectivity index is 1.56. The van der Waals surface area contributed by atoms with Gasteiger partial charge in [0.25, 0.3) is 0 Å². The molecular formula is C13H18O2. The number of aliphatic hydroxyl groups excluding tert-OH is 1. The lowest BCUT2D eigenvalue weighted by molar-refractivity contribution is 0.241. The largest absolute Gasteiger partial charge is 0.394 e. The van der Waals surface area contributed by atoms with Crippen LogP contribution in [0.5, 0.6) is 0 Å². The molecule has 15 heavy (non-hydrogen) atoms. The molecular weight excluding hydrogens is 188 g/mol. The molecule has 0 bridgehead atoms. The highest BCUT2D eigenvalue weighted by Gasteiger charge is 2.36. The lowest BCUT2D eigenvalue weighted by Crippen LogP contribution is -1.99. The van der Waals surface area contributed by atoms with Crippen molar-refractivity contribution in [1.82, 2.24) is 0 Å². The molecule has 0 spiro atoms. The normalized spacial score (nSPS) is 24.1. The van der Waals surface area contributed by atoms with Crippen LogP contribution in [0, 0.1) is 0 Å². The van der Waals surface area contributed by atoms with Crippen molar-refractivity contribution in [3.63, 3.8) is 0 Å². The van der Waals surface area contributed by atoms with E-state index in [-0.39, 0.29) is 12.7 Å². The zero-order chi connectivity index (χ0) is 10.5. The Labute approximate surface area is 90.9 Å². The molecule has 2 rings (SSSR count). The number of unbranched alkanes of at least 4 members (excludes halogenated alkanes) is 1. The smallest absolute Gasteiger partial charge is 0.107 e. The summed E-state index contributed by atoms with van der Waals surface area (Å²) in [5.41, 5.74) is 1.41. The SMILES string of the molecule is OC[C@H]1O[C@@H]1CCCCc1ccccc1.